The van der Waals surface area contributed by atoms with Crippen LogP contribution in [0.15, 0.2) is 0 Å². The SMILES string of the molecule is O=C1CC(C(=O)N2CCOCC2)CN1CCN1CCOCC1. The van der Waals surface area contributed by atoms with Crippen molar-refractivity contribution in [2.75, 3.05) is 72.2 Å². The second kappa shape index (κ2) is 7.39. The van der Waals surface area contributed by atoms with Gasteiger partial charge in [-0.05, 0) is 0 Å². The first-order valence-electron chi connectivity index (χ1n) is 8.18. The molecule has 0 aliphatic carbocycles. The lowest BCUT2D eigenvalue weighted by atomic mass is 10.1. The van der Waals surface area contributed by atoms with Crippen LogP contribution in [0.4, 0.5) is 0 Å². The van der Waals surface area contributed by atoms with E-state index in [2.05, 4.69) is 4.90 Å². The molecule has 0 aromatic heterocycles. The fourth-order valence-electron chi connectivity index (χ4n) is 3.28. The van der Waals surface area contributed by atoms with E-state index in [9.17, 15) is 9.59 Å². The van der Waals surface area contributed by atoms with Gasteiger partial charge in [0, 0.05) is 52.2 Å². The van der Waals surface area contributed by atoms with E-state index in [1.165, 1.54) is 0 Å². The molecule has 3 rings (SSSR count). The van der Waals surface area contributed by atoms with E-state index in [4.69, 9.17) is 9.47 Å². The van der Waals surface area contributed by atoms with Crippen molar-refractivity contribution in [3.05, 3.63) is 0 Å². The Balaban J connectivity index is 1.46. The molecule has 0 N–H and O–H groups in total. The predicted octanol–water partition coefficient (Wildman–Crippen LogP) is -0.974. The van der Waals surface area contributed by atoms with Crippen molar-refractivity contribution in [2.45, 2.75) is 6.42 Å². The molecule has 1 atom stereocenters. The van der Waals surface area contributed by atoms with Crippen LogP contribution in [0.1, 0.15) is 6.42 Å². The van der Waals surface area contributed by atoms with Gasteiger partial charge in [-0.25, -0.2) is 0 Å². The molecule has 0 spiro atoms. The highest BCUT2D eigenvalue weighted by Gasteiger charge is 2.36. The van der Waals surface area contributed by atoms with Crippen LogP contribution < -0.4 is 0 Å². The fraction of sp³-hybridized carbons (Fsp3) is 0.867. The molecular formula is C15H25N3O4. The summed E-state index contributed by atoms with van der Waals surface area (Å²) in [6.45, 7) is 8.06. The van der Waals surface area contributed by atoms with Crippen molar-refractivity contribution >= 4 is 11.8 Å². The maximum Gasteiger partial charge on any atom is 0.228 e. The first kappa shape index (κ1) is 15.7. The lowest BCUT2D eigenvalue weighted by Crippen LogP contribution is -2.45. The van der Waals surface area contributed by atoms with Crippen LogP contribution in [-0.4, -0.2) is 98.8 Å². The van der Waals surface area contributed by atoms with Gasteiger partial charge in [0.2, 0.25) is 11.8 Å². The van der Waals surface area contributed by atoms with Gasteiger partial charge in [0.1, 0.15) is 0 Å². The number of nitrogens with zero attached hydrogens (tertiary/aromatic N) is 3. The van der Waals surface area contributed by atoms with Crippen LogP contribution in [-0.2, 0) is 19.1 Å². The summed E-state index contributed by atoms with van der Waals surface area (Å²) >= 11 is 0. The number of amides is 2. The highest BCUT2D eigenvalue weighted by atomic mass is 16.5. The Hall–Kier alpha value is -1.18. The van der Waals surface area contributed by atoms with Crippen molar-refractivity contribution in [1.82, 2.24) is 14.7 Å². The largest absolute Gasteiger partial charge is 0.379 e. The number of ether oxygens (including phenoxy) is 2. The van der Waals surface area contributed by atoms with Gasteiger partial charge in [-0.2, -0.15) is 0 Å². The molecule has 7 heteroatoms. The highest BCUT2D eigenvalue weighted by molar-refractivity contribution is 5.89. The van der Waals surface area contributed by atoms with E-state index < -0.39 is 0 Å². The lowest BCUT2D eigenvalue weighted by Gasteiger charge is -2.30. The van der Waals surface area contributed by atoms with Crippen molar-refractivity contribution in [3.8, 4) is 0 Å². The molecule has 22 heavy (non-hydrogen) atoms. The van der Waals surface area contributed by atoms with Gasteiger partial charge in [0.15, 0.2) is 0 Å². The molecule has 2 amide bonds. The summed E-state index contributed by atoms with van der Waals surface area (Å²) in [5.41, 5.74) is 0. The predicted molar refractivity (Wildman–Crippen MR) is 79.3 cm³/mol. The van der Waals surface area contributed by atoms with Gasteiger partial charge in [0.05, 0.1) is 32.3 Å². The first-order chi connectivity index (χ1) is 10.7. The molecule has 0 radical (unpaired) electrons. The van der Waals surface area contributed by atoms with Crippen molar-refractivity contribution in [1.29, 1.82) is 0 Å². The van der Waals surface area contributed by atoms with Gasteiger partial charge >= 0.3 is 0 Å². The van der Waals surface area contributed by atoms with Crippen molar-refractivity contribution in [3.63, 3.8) is 0 Å². The third-order valence-electron chi connectivity index (χ3n) is 4.68. The summed E-state index contributed by atoms with van der Waals surface area (Å²) in [4.78, 5) is 30.6. The minimum absolute atomic E-state index is 0.111. The van der Waals surface area contributed by atoms with Gasteiger partial charge in [0.25, 0.3) is 0 Å². The minimum atomic E-state index is -0.171. The zero-order valence-electron chi connectivity index (χ0n) is 13.0. The van der Waals surface area contributed by atoms with Crippen LogP contribution in [0.2, 0.25) is 0 Å². The fourth-order valence-corrected chi connectivity index (χ4v) is 3.28. The molecule has 3 heterocycles. The van der Waals surface area contributed by atoms with Gasteiger partial charge in [-0.1, -0.05) is 0 Å². The summed E-state index contributed by atoms with van der Waals surface area (Å²) < 4.78 is 10.6. The third kappa shape index (κ3) is 3.77. The standard InChI is InChI=1S/C15H25N3O4/c19-14-11-13(15(20)17-5-9-22-10-6-17)12-18(14)2-1-16-3-7-21-8-4-16/h13H,1-12H2. The summed E-state index contributed by atoms with van der Waals surface area (Å²) in [5.74, 6) is 0.0562. The molecule has 0 saturated carbocycles. The molecule has 0 aromatic rings. The topological polar surface area (TPSA) is 62.3 Å². The summed E-state index contributed by atoms with van der Waals surface area (Å²) in [7, 11) is 0. The summed E-state index contributed by atoms with van der Waals surface area (Å²) in [6, 6.07) is 0. The Labute approximate surface area is 131 Å². The zero-order chi connectivity index (χ0) is 15.4. The van der Waals surface area contributed by atoms with Crippen molar-refractivity contribution < 1.29 is 19.1 Å². The van der Waals surface area contributed by atoms with Crippen LogP contribution in [0, 0.1) is 5.92 Å². The van der Waals surface area contributed by atoms with Gasteiger partial charge in [-0.15, -0.1) is 0 Å². The zero-order valence-corrected chi connectivity index (χ0v) is 13.0. The number of rotatable bonds is 4. The smallest absolute Gasteiger partial charge is 0.228 e. The Bertz CT molecular complexity index is 406. The highest BCUT2D eigenvalue weighted by Crippen LogP contribution is 2.20. The molecule has 3 fully saturated rings. The second-order valence-corrected chi connectivity index (χ2v) is 6.13. The Kier molecular flexibility index (Phi) is 5.28. The number of morpholine rings is 2. The van der Waals surface area contributed by atoms with Crippen LogP contribution in [0.3, 0.4) is 0 Å². The van der Waals surface area contributed by atoms with Crippen LogP contribution in [0.25, 0.3) is 0 Å². The number of likely N-dealkylation sites (tertiary alicyclic amines) is 1. The third-order valence-corrected chi connectivity index (χ3v) is 4.68. The van der Waals surface area contributed by atoms with Crippen LogP contribution >= 0.6 is 0 Å². The van der Waals surface area contributed by atoms with E-state index in [1.54, 1.807) is 0 Å². The summed E-state index contributed by atoms with van der Waals surface area (Å²) in [6.07, 6.45) is 0.360. The normalized spacial score (nSPS) is 27.5. The maximum atomic E-state index is 12.5. The van der Waals surface area contributed by atoms with E-state index in [1.807, 2.05) is 9.80 Å². The Morgan fingerprint density at radius 1 is 1.00 bits per heavy atom. The van der Waals surface area contributed by atoms with E-state index in [-0.39, 0.29) is 17.7 Å². The average molecular weight is 311 g/mol. The van der Waals surface area contributed by atoms with Crippen molar-refractivity contribution in [2.24, 2.45) is 5.92 Å². The van der Waals surface area contributed by atoms with Gasteiger partial charge in [-0.3, -0.25) is 14.5 Å². The second-order valence-electron chi connectivity index (χ2n) is 6.13. The molecule has 3 aliphatic heterocycles. The van der Waals surface area contributed by atoms with Gasteiger partial charge < -0.3 is 19.3 Å². The Morgan fingerprint density at radius 2 is 1.64 bits per heavy atom. The average Bonchev–Trinajstić information content (AvgIpc) is 2.95. The molecule has 3 aliphatic rings. The molecular weight excluding hydrogens is 286 g/mol. The molecule has 7 nitrogen and oxygen atoms in total. The number of carbonyl (C=O) groups excluding carboxylic acids is 2. The number of hydrogen-bond donors (Lipinski definition) is 0. The van der Waals surface area contributed by atoms with E-state index in [0.717, 1.165) is 32.8 Å². The van der Waals surface area contributed by atoms with E-state index >= 15 is 0 Å². The molecule has 0 aromatic carbocycles. The lowest BCUT2D eigenvalue weighted by molar-refractivity contribution is -0.139. The Morgan fingerprint density at radius 3 is 2.32 bits per heavy atom. The molecule has 0 bridgehead atoms. The molecule has 3 saturated heterocycles. The first-order valence-corrected chi connectivity index (χ1v) is 8.18. The number of carbonyl (C=O) groups is 2. The molecule has 124 valence electrons. The van der Waals surface area contributed by atoms with Crippen LogP contribution in [0.5, 0.6) is 0 Å². The molecule has 1 unspecified atom stereocenters. The minimum Gasteiger partial charge on any atom is -0.379 e. The maximum absolute atomic E-state index is 12.5. The quantitative estimate of drug-likeness (QED) is 0.668. The van der Waals surface area contributed by atoms with E-state index in [0.29, 0.717) is 45.8 Å². The summed E-state index contributed by atoms with van der Waals surface area (Å²) in [5, 5.41) is 0. The monoisotopic (exact) mass is 311 g/mol. The number of hydrogen-bond acceptors (Lipinski definition) is 5.